The molecule has 0 aromatic heterocycles. The van der Waals surface area contributed by atoms with Gasteiger partial charge in [0.15, 0.2) is 5.96 Å². The summed E-state index contributed by atoms with van der Waals surface area (Å²) in [5.74, 6) is 1.68. The minimum Gasteiger partial charge on any atom is -0.373 e. The van der Waals surface area contributed by atoms with Crippen molar-refractivity contribution in [2.24, 2.45) is 10.9 Å². The number of nitrogens with zero attached hydrogens (tertiary/aromatic N) is 2. The van der Waals surface area contributed by atoms with Crippen LogP contribution in [0, 0.1) is 5.92 Å². The topological polar surface area (TPSA) is 48.9 Å². The third-order valence-corrected chi connectivity index (χ3v) is 5.26. The molecule has 5 nitrogen and oxygen atoms in total. The average molecular weight is 308 g/mol. The maximum atomic E-state index is 5.92. The van der Waals surface area contributed by atoms with Crippen molar-refractivity contribution in [2.75, 3.05) is 26.7 Å². The van der Waals surface area contributed by atoms with Crippen molar-refractivity contribution in [3.63, 3.8) is 0 Å². The molecular formula is C17H32N4O. The molecule has 0 saturated carbocycles. The fourth-order valence-corrected chi connectivity index (χ4v) is 4.21. The minimum absolute atomic E-state index is 0.396. The zero-order valence-electron chi connectivity index (χ0n) is 14.3. The highest BCUT2D eigenvalue weighted by Crippen LogP contribution is 2.34. The van der Waals surface area contributed by atoms with E-state index in [1.54, 1.807) is 0 Å². The van der Waals surface area contributed by atoms with Gasteiger partial charge in [0.05, 0.1) is 18.2 Å². The minimum atomic E-state index is 0.396. The number of nitrogens with one attached hydrogen (secondary N) is 2. The summed E-state index contributed by atoms with van der Waals surface area (Å²) < 4.78 is 5.92. The Kier molecular flexibility index (Phi) is 5.24. The van der Waals surface area contributed by atoms with Gasteiger partial charge >= 0.3 is 0 Å². The lowest BCUT2D eigenvalue weighted by Crippen LogP contribution is -2.50. The van der Waals surface area contributed by atoms with Gasteiger partial charge in [0, 0.05) is 26.2 Å². The molecule has 0 spiro atoms. The molecule has 0 aromatic carbocycles. The maximum Gasteiger partial charge on any atom is 0.191 e. The molecule has 4 atom stereocenters. The first kappa shape index (κ1) is 16.1. The summed E-state index contributed by atoms with van der Waals surface area (Å²) in [5, 5.41) is 7.11. The van der Waals surface area contributed by atoms with Crippen LogP contribution in [0.1, 0.15) is 46.0 Å². The highest BCUT2D eigenvalue weighted by molar-refractivity contribution is 5.80. The number of guanidine groups is 1. The molecule has 0 aromatic rings. The summed E-state index contributed by atoms with van der Waals surface area (Å²) in [6.45, 7) is 8.06. The Balaban J connectivity index is 1.45. The molecule has 3 saturated heterocycles. The quantitative estimate of drug-likeness (QED) is 0.598. The Bertz CT molecular complexity index is 398. The highest BCUT2D eigenvalue weighted by atomic mass is 16.5. The van der Waals surface area contributed by atoms with E-state index in [1.165, 1.54) is 38.8 Å². The molecule has 0 aliphatic carbocycles. The van der Waals surface area contributed by atoms with Gasteiger partial charge in [-0.05, 0) is 44.6 Å². The fraction of sp³-hybridized carbons (Fsp3) is 0.941. The Labute approximate surface area is 134 Å². The van der Waals surface area contributed by atoms with Gasteiger partial charge in [-0.2, -0.15) is 0 Å². The van der Waals surface area contributed by atoms with Crippen LogP contribution in [0.15, 0.2) is 4.99 Å². The van der Waals surface area contributed by atoms with Crippen LogP contribution >= 0.6 is 0 Å². The second-order valence-corrected chi connectivity index (χ2v) is 7.50. The van der Waals surface area contributed by atoms with Crippen molar-refractivity contribution in [2.45, 2.75) is 70.2 Å². The Morgan fingerprint density at radius 2 is 2.18 bits per heavy atom. The monoisotopic (exact) mass is 308 g/mol. The van der Waals surface area contributed by atoms with Crippen LogP contribution in [-0.2, 0) is 4.74 Å². The molecule has 126 valence electrons. The van der Waals surface area contributed by atoms with Crippen LogP contribution in [0.5, 0.6) is 0 Å². The number of fused-ring (bicyclic) bond motifs is 2. The largest absolute Gasteiger partial charge is 0.373 e. The van der Waals surface area contributed by atoms with Crippen molar-refractivity contribution >= 4 is 5.96 Å². The Hall–Kier alpha value is -0.810. The summed E-state index contributed by atoms with van der Waals surface area (Å²) in [6, 6.07) is 1.09. The summed E-state index contributed by atoms with van der Waals surface area (Å²) in [5.41, 5.74) is 0. The van der Waals surface area contributed by atoms with Crippen LogP contribution < -0.4 is 10.6 Å². The zero-order valence-corrected chi connectivity index (χ0v) is 14.3. The second kappa shape index (κ2) is 7.18. The Morgan fingerprint density at radius 3 is 2.82 bits per heavy atom. The van der Waals surface area contributed by atoms with Crippen molar-refractivity contribution in [3.8, 4) is 0 Å². The number of likely N-dealkylation sites (tertiary alicyclic amines) is 1. The van der Waals surface area contributed by atoms with Gasteiger partial charge in [-0.15, -0.1) is 0 Å². The number of rotatable bonds is 5. The summed E-state index contributed by atoms with van der Waals surface area (Å²) in [4.78, 5) is 7.03. The van der Waals surface area contributed by atoms with E-state index in [-0.39, 0.29) is 0 Å². The average Bonchev–Trinajstić information content (AvgIpc) is 3.19. The van der Waals surface area contributed by atoms with E-state index >= 15 is 0 Å². The molecule has 3 aliphatic heterocycles. The van der Waals surface area contributed by atoms with Crippen LogP contribution in [-0.4, -0.2) is 61.8 Å². The van der Waals surface area contributed by atoms with Gasteiger partial charge in [-0.3, -0.25) is 9.89 Å². The van der Waals surface area contributed by atoms with E-state index in [1.807, 2.05) is 7.05 Å². The first-order valence-electron chi connectivity index (χ1n) is 9.02. The third kappa shape index (κ3) is 3.74. The molecular weight excluding hydrogens is 276 g/mol. The van der Waals surface area contributed by atoms with Crippen molar-refractivity contribution in [3.05, 3.63) is 0 Å². The normalized spacial score (nSPS) is 35.5. The summed E-state index contributed by atoms with van der Waals surface area (Å²) in [6.07, 6.45) is 7.07. The molecule has 2 bridgehead atoms. The number of aliphatic imine (C=N–C) groups is 1. The summed E-state index contributed by atoms with van der Waals surface area (Å²) >= 11 is 0. The number of hydrogen-bond donors (Lipinski definition) is 2. The highest BCUT2D eigenvalue weighted by Gasteiger charge is 2.41. The van der Waals surface area contributed by atoms with E-state index in [9.17, 15) is 0 Å². The van der Waals surface area contributed by atoms with Crippen LogP contribution in [0.3, 0.4) is 0 Å². The van der Waals surface area contributed by atoms with Crippen LogP contribution in [0.2, 0.25) is 0 Å². The van der Waals surface area contributed by atoms with Gasteiger partial charge in [0.1, 0.15) is 0 Å². The van der Waals surface area contributed by atoms with Crippen molar-refractivity contribution in [1.82, 2.24) is 15.5 Å². The predicted molar refractivity (Wildman–Crippen MR) is 90.2 cm³/mol. The lowest BCUT2D eigenvalue weighted by atomic mass is 9.96. The van der Waals surface area contributed by atoms with Crippen molar-refractivity contribution in [1.29, 1.82) is 0 Å². The molecule has 3 heterocycles. The van der Waals surface area contributed by atoms with Gasteiger partial charge in [0.2, 0.25) is 0 Å². The number of ether oxygens (including phenoxy) is 1. The van der Waals surface area contributed by atoms with E-state index in [0.29, 0.717) is 24.3 Å². The van der Waals surface area contributed by atoms with Gasteiger partial charge < -0.3 is 15.4 Å². The standard InChI is InChI=1S/C17H32N4O/c1-12(2)11-21-8-4-5-13(21)10-19-17(18-3)20-15-9-14-6-7-16(15)22-14/h12-16H,4-11H2,1-3H3,(H2,18,19,20)/t13-,14?,15?,16?/m1/s1. The van der Waals surface area contributed by atoms with E-state index in [0.717, 1.165) is 24.8 Å². The predicted octanol–water partition coefficient (Wildman–Crippen LogP) is 1.59. The fourth-order valence-electron chi connectivity index (χ4n) is 4.21. The first-order valence-corrected chi connectivity index (χ1v) is 9.02. The molecule has 0 radical (unpaired) electrons. The molecule has 3 fully saturated rings. The maximum absolute atomic E-state index is 5.92. The zero-order chi connectivity index (χ0) is 15.5. The van der Waals surface area contributed by atoms with Crippen molar-refractivity contribution < 1.29 is 4.74 Å². The smallest absolute Gasteiger partial charge is 0.191 e. The molecule has 3 unspecified atom stereocenters. The summed E-state index contributed by atoms with van der Waals surface area (Å²) in [7, 11) is 1.87. The van der Waals surface area contributed by atoms with Gasteiger partial charge in [-0.25, -0.2) is 0 Å². The van der Waals surface area contributed by atoms with E-state index in [4.69, 9.17) is 4.74 Å². The van der Waals surface area contributed by atoms with Gasteiger partial charge in [0.25, 0.3) is 0 Å². The molecule has 22 heavy (non-hydrogen) atoms. The van der Waals surface area contributed by atoms with Gasteiger partial charge in [-0.1, -0.05) is 13.8 Å². The lowest BCUT2D eigenvalue weighted by Gasteiger charge is -2.28. The second-order valence-electron chi connectivity index (χ2n) is 7.50. The molecule has 0 amide bonds. The van der Waals surface area contributed by atoms with Crippen LogP contribution in [0.4, 0.5) is 0 Å². The molecule has 2 N–H and O–H groups in total. The van der Waals surface area contributed by atoms with E-state index < -0.39 is 0 Å². The third-order valence-electron chi connectivity index (χ3n) is 5.26. The Morgan fingerprint density at radius 1 is 1.32 bits per heavy atom. The molecule has 3 rings (SSSR count). The van der Waals surface area contributed by atoms with Crippen LogP contribution in [0.25, 0.3) is 0 Å². The molecule has 3 aliphatic rings. The first-order chi connectivity index (χ1) is 10.7. The SMILES string of the molecule is CN=C(NC[C@H]1CCCN1CC(C)C)NC1CC2CCC1O2. The van der Waals surface area contributed by atoms with E-state index in [2.05, 4.69) is 34.4 Å². The number of hydrogen-bond acceptors (Lipinski definition) is 3. The molecule has 5 heteroatoms. The lowest BCUT2D eigenvalue weighted by molar-refractivity contribution is 0.0992.